The summed E-state index contributed by atoms with van der Waals surface area (Å²) in [5, 5.41) is 5.01. The van der Waals surface area contributed by atoms with Gasteiger partial charge >= 0.3 is 0 Å². The van der Waals surface area contributed by atoms with Crippen molar-refractivity contribution in [2.75, 3.05) is 4.90 Å². The number of hydrogen-bond donors (Lipinski definition) is 1. The van der Waals surface area contributed by atoms with E-state index in [2.05, 4.69) is 71.5 Å². The predicted molar refractivity (Wildman–Crippen MR) is 138 cm³/mol. The van der Waals surface area contributed by atoms with Gasteiger partial charge in [0, 0.05) is 16.8 Å². The van der Waals surface area contributed by atoms with Crippen molar-refractivity contribution in [1.29, 1.82) is 0 Å². The SMILES string of the molecule is CC(C)c1ccc(N2C(=S)N[C@@H](c3ccccn3)[C@@H]2c2ccc(Sc3ccccc3)o2)cc1. The van der Waals surface area contributed by atoms with Gasteiger partial charge in [-0.15, -0.1) is 0 Å². The van der Waals surface area contributed by atoms with E-state index < -0.39 is 0 Å². The van der Waals surface area contributed by atoms with Crippen molar-refractivity contribution in [2.24, 2.45) is 0 Å². The number of thiocarbonyl (C=S) groups is 1. The Kier molecular flexibility index (Phi) is 6.20. The van der Waals surface area contributed by atoms with E-state index in [0.717, 1.165) is 27.1 Å². The Labute approximate surface area is 204 Å². The van der Waals surface area contributed by atoms with Crippen LogP contribution in [0.5, 0.6) is 0 Å². The Morgan fingerprint density at radius 1 is 0.939 bits per heavy atom. The van der Waals surface area contributed by atoms with Crippen LogP contribution in [0, 0.1) is 0 Å². The highest BCUT2D eigenvalue weighted by Gasteiger charge is 2.42. The standard InChI is InChI=1S/C27H25N3OS2/c1-18(2)19-11-13-20(14-12-19)30-26(25(29-27(30)32)22-10-6-7-17-28-22)23-15-16-24(31-23)33-21-8-4-3-5-9-21/h3-18,25-26H,1-2H3,(H,29,32)/t25-,26-/m0/s1. The lowest BCUT2D eigenvalue weighted by atomic mass is 10.0. The van der Waals surface area contributed by atoms with E-state index in [1.165, 1.54) is 5.56 Å². The molecule has 3 heterocycles. The van der Waals surface area contributed by atoms with Crippen LogP contribution in [0.2, 0.25) is 0 Å². The molecule has 2 aromatic carbocycles. The number of nitrogens with zero attached hydrogens (tertiary/aromatic N) is 2. The minimum absolute atomic E-state index is 0.121. The van der Waals surface area contributed by atoms with Crippen molar-refractivity contribution in [3.63, 3.8) is 0 Å². The van der Waals surface area contributed by atoms with E-state index in [1.807, 2.05) is 48.7 Å². The van der Waals surface area contributed by atoms with Gasteiger partial charge in [0.2, 0.25) is 0 Å². The predicted octanol–water partition coefficient (Wildman–Crippen LogP) is 7.13. The fourth-order valence-electron chi connectivity index (χ4n) is 4.09. The number of pyridine rings is 1. The molecule has 1 aliphatic heterocycles. The molecule has 6 heteroatoms. The van der Waals surface area contributed by atoms with Crippen LogP contribution in [0.4, 0.5) is 5.69 Å². The molecule has 33 heavy (non-hydrogen) atoms. The van der Waals surface area contributed by atoms with Crippen LogP contribution in [-0.4, -0.2) is 10.1 Å². The van der Waals surface area contributed by atoms with Gasteiger partial charge in [0.05, 0.1) is 11.7 Å². The zero-order valence-corrected chi connectivity index (χ0v) is 20.1. The quantitative estimate of drug-likeness (QED) is 0.302. The lowest BCUT2D eigenvalue weighted by Gasteiger charge is -2.26. The molecule has 2 atom stereocenters. The first-order valence-corrected chi connectivity index (χ1v) is 12.3. The van der Waals surface area contributed by atoms with Gasteiger partial charge in [-0.2, -0.15) is 0 Å². The summed E-state index contributed by atoms with van der Waals surface area (Å²) in [6.07, 6.45) is 1.82. The molecule has 0 bridgehead atoms. The van der Waals surface area contributed by atoms with Gasteiger partial charge in [-0.05, 0) is 72.2 Å². The number of benzene rings is 2. The normalized spacial score (nSPS) is 18.0. The topological polar surface area (TPSA) is 41.3 Å². The summed E-state index contributed by atoms with van der Waals surface area (Å²) in [4.78, 5) is 7.90. The summed E-state index contributed by atoms with van der Waals surface area (Å²) >= 11 is 7.43. The molecule has 0 aliphatic carbocycles. The molecule has 1 fully saturated rings. The van der Waals surface area contributed by atoms with Crippen LogP contribution in [0.25, 0.3) is 0 Å². The van der Waals surface area contributed by atoms with Gasteiger partial charge in [0.15, 0.2) is 10.2 Å². The lowest BCUT2D eigenvalue weighted by molar-refractivity contribution is 0.383. The molecule has 1 N–H and O–H groups in total. The second-order valence-electron chi connectivity index (χ2n) is 8.31. The number of aromatic nitrogens is 1. The van der Waals surface area contributed by atoms with Crippen molar-refractivity contribution in [3.05, 3.63) is 108 Å². The molecule has 166 valence electrons. The van der Waals surface area contributed by atoms with Crippen LogP contribution >= 0.6 is 24.0 Å². The van der Waals surface area contributed by atoms with Gasteiger partial charge in [0.25, 0.3) is 0 Å². The van der Waals surface area contributed by atoms with Crippen LogP contribution < -0.4 is 10.2 Å². The third-order valence-corrected chi connectivity index (χ3v) is 7.03. The van der Waals surface area contributed by atoms with Gasteiger partial charge in [-0.25, -0.2) is 0 Å². The monoisotopic (exact) mass is 471 g/mol. The van der Waals surface area contributed by atoms with Crippen molar-refractivity contribution < 1.29 is 4.42 Å². The number of hydrogen-bond acceptors (Lipinski definition) is 4. The third-order valence-electron chi connectivity index (χ3n) is 5.79. The Morgan fingerprint density at radius 2 is 1.70 bits per heavy atom. The summed E-state index contributed by atoms with van der Waals surface area (Å²) in [6, 6.07) is 28.6. The summed E-state index contributed by atoms with van der Waals surface area (Å²) in [6.45, 7) is 4.40. The highest BCUT2D eigenvalue weighted by Crippen LogP contribution is 2.43. The van der Waals surface area contributed by atoms with Crippen LogP contribution in [0.3, 0.4) is 0 Å². The van der Waals surface area contributed by atoms with Gasteiger partial charge in [-0.1, -0.05) is 62.0 Å². The smallest absolute Gasteiger partial charge is 0.174 e. The van der Waals surface area contributed by atoms with E-state index in [1.54, 1.807) is 11.8 Å². The van der Waals surface area contributed by atoms with E-state index in [4.69, 9.17) is 16.6 Å². The largest absolute Gasteiger partial charge is 0.452 e. The maximum absolute atomic E-state index is 6.38. The lowest BCUT2D eigenvalue weighted by Crippen LogP contribution is -2.29. The molecular weight excluding hydrogens is 446 g/mol. The average Bonchev–Trinajstić information content (AvgIpc) is 3.44. The minimum atomic E-state index is -0.151. The molecule has 1 saturated heterocycles. The molecule has 2 aromatic heterocycles. The van der Waals surface area contributed by atoms with Gasteiger partial charge in [0.1, 0.15) is 11.8 Å². The number of nitrogens with one attached hydrogen (secondary N) is 1. The molecule has 1 aliphatic rings. The fraction of sp³-hybridized carbons (Fsp3) is 0.185. The van der Waals surface area contributed by atoms with Gasteiger partial charge < -0.3 is 14.6 Å². The molecular formula is C27H25N3OS2. The number of rotatable bonds is 6. The van der Waals surface area contributed by atoms with E-state index in [9.17, 15) is 0 Å². The molecule has 0 amide bonds. The van der Waals surface area contributed by atoms with Crippen molar-refractivity contribution in [1.82, 2.24) is 10.3 Å². The van der Waals surface area contributed by atoms with Crippen molar-refractivity contribution in [3.8, 4) is 0 Å². The van der Waals surface area contributed by atoms with E-state index in [-0.39, 0.29) is 12.1 Å². The first-order chi connectivity index (χ1) is 16.1. The molecule has 4 nitrogen and oxygen atoms in total. The van der Waals surface area contributed by atoms with Crippen molar-refractivity contribution in [2.45, 2.75) is 41.8 Å². The minimum Gasteiger partial charge on any atom is -0.452 e. The van der Waals surface area contributed by atoms with Crippen LogP contribution in [0.1, 0.15) is 48.9 Å². The van der Waals surface area contributed by atoms with Gasteiger partial charge in [-0.3, -0.25) is 4.98 Å². The second kappa shape index (κ2) is 9.41. The Balaban J connectivity index is 1.52. The summed E-state index contributed by atoms with van der Waals surface area (Å²) < 4.78 is 6.38. The van der Waals surface area contributed by atoms with E-state index >= 15 is 0 Å². The Hall–Kier alpha value is -3.09. The summed E-state index contributed by atoms with van der Waals surface area (Å²) in [5.41, 5.74) is 3.27. The third kappa shape index (κ3) is 4.54. The molecule has 4 aromatic rings. The van der Waals surface area contributed by atoms with Crippen molar-refractivity contribution >= 4 is 34.8 Å². The molecule has 5 rings (SSSR count). The zero-order chi connectivity index (χ0) is 22.8. The maximum atomic E-state index is 6.38. The second-order valence-corrected chi connectivity index (χ2v) is 9.78. The molecule has 0 saturated carbocycles. The van der Waals surface area contributed by atoms with Crippen LogP contribution in [0.15, 0.2) is 106 Å². The fourth-order valence-corrected chi connectivity index (χ4v) is 5.24. The summed E-state index contributed by atoms with van der Waals surface area (Å²) in [5.74, 6) is 1.33. The highest BCUT2D eigenvalue weighted by atomic mass is 32.2. The molecule has 0 radical (unpaired) electrons. The first kappa shape index (κ1) is 21.7. The highest BCUT2D eigenvalue weighted by molar-refractivity contribution is 7.99. The Bertz CT molecular complexity index is 1220. The number of furan rings is 1. The summed E-state index contributed by atoms with van der Waals surface area (Å²) in [7, 11) is 0. The molecule has 0 spiro atoms. The molecule has 0 unspecified atom stereocenters. The zero-order valence-electron chi connectivity index (χ0n) is 18.5. The Morgan fingerprint density at radius 3 is 2.39 bits per heavy atom. The van der Waals surface area contributed by atoms with E-state index in [0.29, 0.717) is 11.0 Å². The maximum Gasteiger partial charge on any atom is 0.174 e. The number of anilines is 1. The van der Waals surface area contributed by atoms with Crippen LogP contribution in [-0.2, 0) is 0 Å². The average molecular weight is 472 g/mol. The first-order valence-electron chi connectivity index (χ1n) is 11.0.